The average Bonchev–Trinajstić information content (AvgIpc) is 2.24. The Morgan fingerprint density at radius 3 is 2.82 bits per heavy atom. The quantitative estimate of drug-likeness (QED) is 0.814. The third-order valence-electron chi connectivity index (χ3n) is 3.21. The lowest BCUT2D eigenvalue weighted by Gasteiger charge is -2.38. The topological polar surface area (TPSA) is 75.1 Å². The fraction of sp³-hybridized carbons (Fsp3) is 0.583. The van der Waals surface area contributed by atoms with E-state index < -0.39 is 11.5 Å². The van der Waals surface area contributed by atoms with Crippen molar-refractivity contribution in [2.24, 2.45) is 0 Å². The van der Waals surface area contributed by atoms with Crippen LogP contribution in [0.15, 0.2) is 12.4 Å². The SMILES string of the molecule is CCCc1cc(NC2(C(=O)O)CCC2)ncn1. The molecule has 1 saturated carbocycles. The van der Waals surface area contributed by atoms with Crippen LogP contribution in [0.2, 0.25) is 0 Å². The zero-order valence-electron chi connectivity index (χ0n) is 9.94. The van der Waals surface area contributed by atoms with E-state index in [0.717, 1.165) is 25.0 Å². The number of carbonyl (C=O) groups is 1. The molecule has 1 aromatic rings. The first-order valence-electron chi connectivity index (χ1n) is 5.99. The largest absolute Gasteiger partial charge is 0.480 e. The summed E-state index contributed by atoms with van der Waals surface area (Å²) in [5.74, 6) is -0.176. The summed E-state index contributed by atoms with van der Waals surface area (Å²) in [4.78, 5) is 19.4. The molecule has 17 heavy (non-hydrogen) atoms. The maximum atomic E-state index is 11.2. The molecule has 0 bridgehead atoms. The number of carboxylic acids is 1. The Kier molecular flexibility index (Phi) is 3.26. The minimum absolute atomic E-state index is 0.616. The molecule has 92 valence electrons. The summed E-state index contributed by atoms with van der Waals surface area (Å²) in [6.45, 7) is 2.08. The van der Waals surface area contributed by atoms with Gasteiger partial charge in [-0.25, -0.2) is 14.8 Å². The Balaban J connectivity index is 2.12. The van der Waals surface area contributed by atoms with Gasteiger partial charge in [0.1, 0.15) is 17.7 Å². The molecule has 5 heteroatoms. The molecule has 2 rings (SSSR count). The first-order chi connectivity index (χ1) is 8.16. The normalized spacial score (nSPS) is 17.2. The highest BCUT2D eigenvalue weighted by atomic mass is 16.4. The number of nitrogens with zero attached hydrogens (tertiary/aromatic N) is 2. The van der Waals surface area contributed by atoms with E-state index in [0.29, 0.717) is 18.7 Å². The lowest BCUT2D eigenvalue weighted by atomic mass is 9.77. The van der Waals surface area contributed by atoms with Crippen molar-refractivity contribution in [3.8, 4) is 0 Å². The Hall–Kier alpha value is -1.65. The van der Waals surface area contributed by atoms with Crippen molar-refractivity contribution in [3.63, 3.8) is 0 Å². The van der Waals surface area contributed by atoms with Gasteiger partial charge in [0.25, 0.3) is 0 Å². The lowest BCUT2D eigenvalue weighted by Crippen LogP contribution is -2.52. The molecule has 1 aliphatic carbocycles. The molecule has 0 radical (unpaired) electrons. The summed E-state index contributed by atoms with van der Waals surface area (Å²) < 4.78 is 0. The van der Waals surface area contributed by atoms with Gasteiger partial charge in [0.15, 0.2) is 0 Å². The number of rotatable bonds is 5. The van der Waals surface area contributed by atoms with E-state index >= 15 is 0 Å². The second-order valence-electron chi connectivity index (χ2n) is 4.51. The summed E-state index contributed by atoms with van der Waals surface area (Å²) >= 11 is 0. The molecule has 0 atom stereocenters. The van der Waals surface area contributed by atoms with Crippen LogP contribution in [0.4, 0.5) is 5.82 Å². The highest BCUT2D eigenvalue weighted by Crippen LogP contribution is 2.35. The molecule has 1 aliphatic rings. The molecular formula is C12H17N3O2. The van der Waals surface area contributed by atoms with Gasteiger partial charge in [-0.15, -0.1) is 0 Å². The number of carboxylic acid groups (broad SMARTS) is 1. The average molecular weight is 235 g/mol. The van der Waals surface area contributed by atoms with Gasteiger partial charge in [0.05, 0.1) is 0 Å². The number of aryl methyl sites for hydroxylation is 1. The third-order valence-corrected chi connectivity index (χ3v) is 3.21. The number of aromatic nitrogens is 2. The zero-order valence-corrected chi connectivity index (χ0v) is 9.94. The highest BCUT2D eigenvalue weighted by Gasteiger charge is 2.44. The first-order valence-corrected chi connectivity index (χ1v) is 5.99. The molecule has 1 aromatic heterocycles. The van der Waals surface area contributed by atoms with E-state index in [1.54, 1.807) is 0 Å². The van der Waals surface area contributed by atoms with Gasteiger partial charge in [0.2, 0.25) is 0 Å². The minimum Gasteiger partial charge on any atom is -0.480 e. The fourth-order valence-corrected chi connectivity index (χ4v) is 2.03. The molecule has 2 N–H and O–H groups in total. The van der Waals surface area contributed by atoms with Gasteiger partial charge in [-0.2, -0.15) is 0 Å². The standard InChI is InChI=1S/C12H17N3O2/c1-2-4-9-7-10(14-8-13-9)15-12(11(16)17)5-3-6-12/h7-8H,2-6H2,1H3,(H,16,17)(H,13,14,15). The Bertz CT molecular complexity index is 416. The number of hydrogen-bond donors (Lipinski definition) is 2. The van der Waals surface area contributed by atoms with E-state index in [4.69, 9.17) is 0 Å². The van der Waals surface area contributed by atoms with E-state index in [1.165, 1.54) is 6.33 Å². The maximum Gasteiger partial charge on any atom is 0.329 e. The van der Waals surface area contributed by atoms with Gasteiger partial charge in [-0.05, 0) is 25.7 Å². The number of nitrogens with one attached hydrogen (secondary N) is 1. The van der Waals surface area contributed by atoms with Crippen molar-refractivity contribution in [2.75, 3.05) is 5.32 Å². The monoisotopic (exact) mass is 235 g/mol. The highest BCUT2D eigenvalue weighted by molar-refractivity contribution is 5.83. The summed E-state index contributed by atoms with van der Waals surface area (Å²) in [5.41, 5.74) is 0.141. The molecule has 1 heterocycles. The Labute approximate surface area is 100 Å². The van der Waals surface area contributed by atoms with Gasteiger partial charge >= 0.3 is 5.97 Å². The minimum atomic E-state index is -0.808. The number of hydrogen-bond acceptors (Lipinski definition) is 4. The fourth-order valence-electron chi connectivity index (χ4n) is 2.03. The van der Waals surface area contributed by atoms with Crippen molar-refractivity contribution in [1.82, 2.24) is 9.97 Å². The number of anilines is 1. The molecule has 5 nitrogen and oxygen atoms in total. The predicted octanol–water partition coefficient (Wildman–Crippen LogP) is 1.85. The molecular weight excluding hydrogens is 218 g/mol. The van der Waals surface area contributed by atoms with Gasteiger partial charge in [-0.3, -0.25) is 0 Å². The molecule has 0 unspecified atom stereocenters. The lowest BCUT2D eigenvalue weighted by molar-refractivity contribution is -0.145. The van der Waals surface area contributed by atoms with Gasteiger partial charge in [0, 0.05) is 11.8 Å². The summed E-state index contributed by atoms with van der Waals surface area (Å²) in [5, 5.41) is 12.3. The van der Waals surface area contributed by atoms with Crippen LogP contribution < -0.4 is 5.32 Å². The van der Waals surface area contributed by atoms with Crippen LogP contribution in [0.5, 0.6) is 0 Å². The Morgan fingerprint density at radius 1 is 1.53 bits per heavy atom. The smallest absolute Gasteiger partial charge is 0.329 e. The van der Waals surface area contributed by atoms with E-state index in [9.17, 15) is 9.90 Å². The second-order valence-corrected chi connectivity index (χ2v) is 4.51. The molecule has 0 aliphatic heterocycles. The molecule has 0 amide bonds. The third kappa shape index (κ3) is 2.38. The van der Waals surface area contributed by atoms with Crippen LogP contribution in [0, 0.1) is 0 Å². The van der Waals surface area contributed by atoms with E-state index in [-0.39, 0.29) is 0 Å². The number of aliphatic carboxylic acids is 1. The predicted molar refractivity (Wildman–Crippen MR) is 63.9 cm³/mol. The van der Waals surface area contributed by atoms with E-state index in [1.807, 2.05) is 6.07 Å². The summed E-state index contributed by atoms with van der Waals surface area (Å²) in [7, 11) is 0. The van der Waals surface area contributed by atoms with Crippen molar-refractivity contribution in [1.29, 1.82) is 0 Å². The van der Waals surface area contributed by atoms with Gasteiger partial charge < -0.3 is 10.4 Å². The van der Waals surface area contributed by atoms with Crippen LogP contribution in [0.1, 0.15) is 38.3 Å². The van der Waals surface area contributed by atoms with Crippen molar-refractivity contribution in [2.45, 2.75) is 44.6 Å². The zero-order chi connectivity index (χ0) is 12.3. The van der Waals surface area contributed by atoms with Crippen molar-refractivity contribution in [3.05, 3.63) is 18.1 Å². The van der Waals surface area contributed by atoms with Crippen molar-refractivity contribution < 1.29 is 9.90 Å². The molecule has 0 aromatic carbocycles. The van der Waals surface area contributed by atoms with Crippen LogP contribution in [0.3, 0.4) is 0 Å². The van der Waals surface area contributed by atoms with Crippen LogP contribution in [-0.4, -0.2) is 26.6 Å². The van der Waals surface area contributed by atoms with Gasteiger partial charge in [-0.1, -0.05) is 13.3 Å². The second kappa shape index (κ2) is 4.69. The maximum absolute atomic E-state index is 11.2. The molecule has 0 saturated heterocycles. The molecule has 0 spiro atoms. The molecule has 1 fully saturated rings. The Morgan fingerprint density at radius 2 is 2.29 bits per heavy atom. The summed E-state index contributed by atoms with van der Waals surface area (Å²) in [6, 6.07) is 1.84. The summed E-state index contributed by atoms with van der Waals surface area (Å²) in [6.07, 6.45) is 5.66. The first kappa shape index (κ1) is 11.8. The van der Waals surface area contributed by atoms with E-state index in [2.05, 4.69) is 22.2 Å². The van der Waals surface area contributed by atoms with Crippen LogP contribution >= 0.6 is 0 Å². The van der Waals surface area contributed by atoms with Crippen molar-refractivity contribution >= 4 is 11.8 Å². The van der Waals surface area contributed by atoms with Crippen LogP contribution in [0.25, 0.3) is 0 Å². The van der Waals surface area contributed by atoms with Crippen LogP contribution in [-0.2, 0) is 11.2 Å².